The van der Waals surface area contributed by atoms with Crippen molar-refractivity contribution >= 4 is 17.2 Å². The fourth-order valence-corrected chi connectivity index (χ4v) is 4.78. The Bertz CT molecular complexity index is 672. The molecule has 5 nitrogen and oxygen atoms in total. The van der Waals surface area contributed by atoms with Gasteiger partial charge in [-0.2, -0.15) is 5.10 Å². The second kappa shape index (κ2) is 7.07. The summed E-state index contributed by atoms with van der Waals surface area (Å²) in [7, 11) is 0. The summed E-state index contributed by atoms with van der Waals surface area (Å²) in [6.45, 7) is 2.81. The lowest BCUT2D eigenvalue weighted by atomic mass is 9.99. The van der Waals surface area contributed by atoms with E-state index >= 15 is 0 Å². The van der Waals surface area contributed by atoms with E-state index in [2.05, 4.69) is 11.2 Å². The Morgan fingerprint density at radius 2 is 2.25 bits per heavy atom. The third-order valence-corrected chi connectivity index (χ3v) is 6.02. The van der Waals surface area contributed by atoms with Crippen molar-refractivity contribution in [2.75, 3.05) is 19.7 Å². The third-order valence-electron chi connectivity index (χ3n) is 4.79. The normalized spacial score (nSPS) is 21.3. The zero-order chi connectivity index (χ0) is 16.4. The molecule has 1 unspecified atom stereocenters. The number of nitrogens with zero attached hydrogens (tertiary/aromatic N) is 3. The Kier molecular flexibility index (Phi) is 4.67. The molecule has 24 heavy (non-hydrogen) atoms. The number of carbonyl (C=O) groups is 1. The van der Waals surface area contributed by atoms with Gasteiger partial charge in [-0.15, -0.1) is 11.3 Å². The van der Waals surface area contributed by atoms with Gasteiger partial charge in [-0.1, -0.05) is 0 Å². The molecular formula is C18H23N3O2S. The highest BCUT2D eigenvalue weighted by Gasteiger charge is 2.26. The molecule has 0 bridgehead atoms. The van der Waals surface area contributed by atoms with Crippen molar-refractivity contribution in [2.24, 2.45) is 0 Å². The van der Waals surface area contributed by atoms with Crippen molar-refractivity contribution in [1.29, 1.82) is 0 Å². The van der Waals surface area contributed by atoms with Gasteiger partial charge in [0.1, 0.15) is 0 Å². The molecule has 6 heteroatoms. The second-order valence-electron chi connectivity index (χ2n) is 6.59. The highest BCUT2D eigenvalue weighted by Crippen LogP contribution is 2.30. The molecule has 2 aromatic rings. The summed E-state index contributed by atoms with van der Waals surface area (Å²) in [6, 6.07) is 4.05. The number of thiophene rings is 1. The number of carbonyl (C=O) groups excluding carboxylic acids is 1. The maximum Gasteiger partial charge on any atom is 0.264 e. The Hall–Kier alpha value is -1.66. The van der Waals surface area contributed by atoms with Gasteiger partial charge in [0.15, 0.2) is 0 Å². The Morgan fingerprint density at radius 3 is 3.08 bits per heavy atom. The van der Waals surface area contributed by atoms with Gasteiger partial charge >= 0.3 is 0 Å². The predicted octanol–water partition coefficient (Wildman–Crippen LogP) is 2.75. The van der Waals surface area contributed by atoms with E-state index in [0.717, 1.165) is 30.7 Å². The molecule has 128 valence electrons. The van der Waals surface area contributed by atoms with E-state index in [-0.39, 0.29) is 12.0 Å². The molecule has 0 spiro atoms. The van der Waals surface area contributed by atoms with Crippen molar-refractivity contribution in [3.8, 4) is 0 Å². The molecule has 0 saturated carbocycles. The summed E-state index contributed by atoms with van der Waals surface area (Å²) in [5, 5.41) is 4.25. The zero-order valence-corrected chi connectivity index (χ0v) is 14.6. The molecule has 1 atom stereocenters. The molecule has 1 amide bonds. The molecule has 1 aliphatic carbocycles. The van der Waals surface area contributed by atoms with Crippen LogP contribution < -0.4 is 0 Å². The SMILES string of the molecule is O=C(c1cc2c(s1)CCCC2)N1CCCOC(Cn2cccn2)C1. The van der Waals surface area contributed by atoms with Crippen LogP contribution in [0.1, 0.15) is 39.4 Å². The van der Waals surface area contributed by atoms with Gasteiger partial charge in [0.25, 0.3) is 5.91 Å². The fraction of sp³-hybridized carbons (Fsp3) is 0.556. The van der Waals surface area contributed by atoms with Crippen LogP contribution in [0.4, 0.5) is 0 Å². The van der Waals surface area contributed by atoms with Crippen LogP contribution in [-0.4, -0.2) is 46.4 Å². The molecule has 0 aromatic carbocycles. The van der Waals surface area contributed by atoms with Gasteiger partial charge in [0.2, 0.25) is 0 Å². The van der Waals surface area contributed by atoms with Crippen molar-refractivity contribution in [2.45, 2.75) is 44.8 Å². The standard InChI is InChI=1S/C18H23N3O2S/c22-18(17-11-14-5-1-2-6-16(14)24-17)20-8-4-10-23-15(12-20)13-21-9-3-7-19-21/h3,7,9,11,15H,1-2,4-6,8,10,12-13H2. The van der Waals surface area contributed by atoms with Crippen LogP contribution in [-0.2, 0) is 24.1 Å². The first-order valence-electron chi connectivity index (χ1n) is 8.79. The van der Waals surface area contributed by atoms with Gasteiger partial charge in [0.05, 0.1) is 17.5 Å². The number of hydrogen-bond donors (Lipinski definition) is 0. The zero-order valence-electron chi connectivity index (χ0n) is 13.8. The Morgan fingerprint density at radius 1 is 1.33 bits per heavy atom. The van der Waals surface area contributed by atoms with Crippen LogP contribution in [0.15, 0.2) is 24.5 Å². The highest BCUT2D eigenvalue weighted by atomic mass is 32.1. The molecule has 0 N–H and O–H groups in total. The van der Waals surface area contributed by atoms with Crippen LogP contribution in [0, 0.1) is 0 Å². The molecule has 1 fully saturated rings. The van der Waals surface area contributed by atoms with Gasteiger partial charge in [-0.05, 0) is 49.8 Å². The van der Waals surface area contributed by atoms with Gasteiger partial charge < -0.3 is 9.64 Å². The van der Waals surface area contributed by atoms with Crippen LogP contribution in [0.5, 0.6) is 0 Å². The third kappa shape index (κ3) is 3.39. The number of aromatic nitrogens is 2. The van der Waals surface area contributed by atoms with E-state index in [0.29, 0.717) is 19.7 Å². The monoisotopic (exact) mass is 345 g/mol. The molecule has 1 aliphatic heterocycles. The van der Waals surface area contributed by atoms with Crippen LogP contribution in [0.25, 0.3) is 0 Å². The number of aryl methyl sites for hydroxylation is 2. The first kappa shape index (κ1) is 15.8. The number of rotatable bonds is 3. The lowest BCUT2D eigenvalue weighted by molar-refractivity contribution is 0.0368. The van der Waals surface area contributed by atoms with Crippen LogP contribution in [0.2, 0.25) is 0 Å². The number of fused-ring (bicyclic) bond motifs is 1. The predicted molar refractivity (Wildman–Crippen MR) is 93.4 cm³/mol. The maximum atomic E-state index is 13.0. The summed E-state index contributed by atoms with van der Waals surface area (Å²) in [5.41, 5.74) is 1.40. The Balaban J connectivity index is 1.47. The van der Waals surface area contributed by atoms with Crippen LogP contribution >= 0.6 is 11.3 Å². The lowest BCUT2D eigenvalue weighted by Gasteiger charge is -2.23. The molecule has 2 aromatic heterocycles. The van der Waals surface area contributed by atoms with Gasteiger partial charge in [0, 0.05) is 37.0 Å². The summed E-state index contributed by atoms with van der Waals surface area (Å²) >= 11 is 1.70. The van der Waals surface area contributed by atoms with Crippen LogP contribution in [0.3, 0.4) is 0 Å². The lowest BCUT2D eigenvalue weighted by Crippen LogP contribution is -2.38. The second-order valence-corrected chi connectivity index (χ2v) is 7.73. The molecule has 2 aliphatic rings. The van der Waals surface area contributed by atoms with Crippen molar-refractivity contribution in [1.82, 2.24) is 14.7 Å². The smallest absolute Gasteiger partial charge is 0.264 e. The minimum absolute atomic E-state index is 0.00550. The minimum Gasteiger partial charge on any atom is -0.374 e. The molecule has 1 saturated heterocycles. The molecule has 4 rings (SSSR count). The quantitative estimate of drug-likeness (QED) is 0.859. The molecule has 0 radical (unpaired) electrons. The largest absolute Gasteiger partial charge is 0.374 e. The average Bonchev–Trinajstić information content (AvgIpc) is 3.20. The Labute approximate surface area is 146 Å². The first-order valence-corrected chi connectivity index (χ1v) is 9.61. The van der Waals surface area contributed by atoms with Crippen molar-refractivity contribution < 1.29 is 9.53 Å². The average molecular weight is 345 g/mol. The summed E-state index contributed by atoms with van der Waals surface area (Å²) < 4.78 is 7.80. The van der Waals surface area contributed by atoms with Crippen molar-refractivity contribution in [3.63, 3.8) is 0 Å². The van der Waals surface area contributed by atoms with E-state index < -0.39 is 0 Å². The summed E-state index contributed by atoms with van der Waals surface area (Å²) in [6.07, 6.45) is 9.38. The highest BCUT2D eigenvalue weighted by molar-refractivity contribution is 7.14. The number of ether oxygens (including phenoxy) is 1. The summed E-state index contributed by atoms with van der Waals surface area (Å²) in [4.78, 5) is 17.3. The van der Waals surface area contributed by atoms with Gasteiger partial charge in [-0.3, -0.25) is 9.48 Å². The maximum absolute atomic E-state index is 13.0. The number of amides is 1. The summed E-state index contributed by atoms with van der Waals surface area (Å²) in [5.74, 6) is 0.172. The topological polar surface area (TPSA) is 47.4 Å². The van der Waals surface area contributed by atoms with E-state index in [1.807, 2.05) is 21.8 Å². The van der Waals surface area contributed by atoms with E-state index in [4.69, 9.17) is 4.74 Å². The van der Waals surface area contributed by atoms with Gasteiger partial charge in [-0.25, -0.2) is 0 Å². The fourth-order valence-electron chi connectivity index (χ4n) is 3.56. The molecular weight excluding hydrogens is 322 g/mol. The van der Waals surface area contributed by atoms with E-state index in [1.165, 1.54) is 23.3 Å². The van der Waals surface area contributed by atoms with E-state index in [9.17, 15) is 4.79 Å². The first-order chi connectivity index (χ1) is 11.8. The number of hydrogen-bond acceptors (Lipinski definition) is 4. The van der Waals surface area contributed by atoms with Crippen molar-refractivity contribution in [3.05, 3.63) is 39.8 Å². The molecule has 3 heterocycles. The minimum atomic E-state index is 0.00550. The van der Waals surface area contributed by atoms with E-state index in [1.54, 1.807) is 17.5 Å².